The molecule has 8 nitrogen and oxygen atoms in total. The minimum Gasteiger partial charge on any atom is -0.473 e. The summed E-state index contributed by atoms with van der Waals surface area (Å²) in [5, 5.41) is 0. The van der Waals surface area contributed by atoms with E-state index in [-0.39, 0.29) is 11.5 Å². The molecule has 0 bridgehead atoms. The molecule has 7 rings (SSSR count). The van der Waals surface area contributed by atoms with Crippen molar-refractivity contribution in [1.29, 1.82) is 0 Å². The van der Waals surface area contributed by atoms with Gasteiger partial charge in [-0.2, -0.15) is 8.42 Å². The third-order valence-electron chi connectivity index (χ3n) is 7.71. The topological polar surface area (TPSA) is 104 Å². The number of benzene rings is 4. The van der Waals surface area contributed by atoms with E-state index in [1.807, 2.05) is 71.3 Å². The molecular formula is C34H25F2N3O5S. The lowest BCUT2D eigenvalue weighted by atomic mass is 9.99. The van der Waals surface area contributed by atoms with E-state index in [0.717, 1.165) is 28.3 Å². The summed E-state index contributed by atoms with van der Waals surface area (Å²) in [6.45, 7) is 0.419. The van der Waals surface area contributed by atoms with Crippen molar-refractivity contribution in [3.05, 3.63) is 132 Å². The normalized spacial score (nSPS) is 16.2. The van der Waals surface area contributed by atoms with E-state index in [2.05, 4.69) is 9.97 Å². The Morgan fingerprint density at radius 3 is 2.44 bits per heavy atom. The molecule has 0 radical (unpaired) electrons. The Hall–Kier alpha value is -4.97. The standard InChI is InChI=1S/C34H25F2N3O5S/c35-26-8-9-28(30(36)16-26)24-12-25(29-17-33(29)44-45(40,41)42)14-27(13-24)39-20-38-31-15-22(6-10-32(31)39)23-7-11-34(37-18-23)43-19-21-4-2-1-3-5-21/h1-16,18,20,29,33H,17,19H2,(H,40,41,42). The average molecular weight is 626 g/mol. The molecule has 1 aliphatic rings. The number of nitrogens with zero attached hydrogens (tertiary/aromatic N) is 3. The van der Waals surface area contributed by atoms with E-state index in [0.29, 0.717) is 41.2 Å². The SMILES string of the molecule is O=S(=O)(O)OC1CC1c1cc(-c2ccc(F)cc2F)cc(-n2cnc3cc(-c4ccc(OCc5ccccc5)nc4)ccc32)c1. The maximum absolute atomic E-state index is 14.9. The fourth-order valence-corrected chi connectivity index (χ4v) is 5.94. The number of halogens is 2. The molecule has 2 heterocycles. The fourth-order valence-electron chi connectivity index (χ4n) is 5.42. The van der Waals surface area contributed by atoms with Gasteiger partial charge in [-0.15, -0.1) is 0 Å². The molecule has 0 amide bonds. The van der Waals surface area contributed by atoms with Crippen LogP contribution in [0.2, 0.25) is 0 Å². The first kappa shape index (κ1) is 28.8. The molecule has 1 aliphatic carbocycles. The van der Waals surface area contributed by atoms with Crippen molar-refractivity contribution in [3.63, 3.8) is 0 Å². The van der Waals surface area contributed by atoms with Gasteiger partial charge in [0.15, 0.2) is 0 Å². The van der Waals surface area contributed by atoms with Crippen LogP contribution < -0.4 is 4.74 Å². The number of hydrogen-bond donors (Lipinski definition) is 1. The van der Waals surface area contributed by atoms with E-state index in [1.165, 1.54) is 12.1 Å². The molecule has 1 saturated carbocycles. The van der Waals surface area contributed by atoms with E-state index >= 15 is 0 Å². The van der Waals surface area contributed by atoms with Crippen molar-refractivity contribution in [1.82, 2.24) is 14.5 Å². The molecule has 2 aromatic heterocycles. The Kier molecular flexibility index (Phi) is 7.36. The minimum atomic E-state index is -4.63. The number of imidazole rings is 1. The van der Waals surface area contributed by atoms with Gasteiger partial charge < -0.3 is 4.74 Å². The molecule has 2 unspecified atom stereocenters. The summed E-state index contributed by atoms with van der Waals surface area (Å²) in [5.74, 6) is -1.26. The lowest BCUT2D eigenvalue weighted by molar-refractivity contribution is 0.253. The van der Waals surface area contributed by atoms with E-state index in [1.54, 1.807) is 24.7 Å². The van der Waals surface area contributed by atoms with E-state index in [4.69, 9.17) is 13.5 Å². The van der Waals surface area contributed by atoms with Crippen molar-refractivity contribution < 1.29 is 30.7 Å². The Morgan fingerprint density at radius 2 is 1.69 bits per heavy atom. The van der Waals surface area contributed by atoms with Crippen LogP contribution in [0.3, 0.4) is 0 Å². The van der Waals surface area contributed by atoms with Crippen LogP contribution in [-0.4, -0.2) is 33.6 Å². The maximum atomic E-state index is 14.9. The highest BCUT2D eigenvalue weighted by Crippen LogP contribution is 2.46. The Balaban J connectivity index is 1.19. The van der Waals surface area contributed by atoms with Gasteiger partial charge in [-0.1, -0.05) is 42.5 Å². The first-order valence-corrected chi connectivity index (χ1v) is 15.4. The first-order chi connectivity index (χ1) is 21.7. The molecular weight excluding hydrogens is 600 g/mol. The van der Waals surface area contributed by atoms with Crippen LogP contribution in [0.1, 0.15) is 23.5 Å². The van der Waals surface area contributed by atoms with Gasteiger partial charge in [-0.25, -0.2) is 22.9 Å². The average Bonchev–Trinajstić information content (AvgIpc) is 3.64. The number of fused-ring (bicyclic) bond motifs is 1. The Labute approximate surface area is 257 Å². The molecule has 0 aliphatic heterocycles. The second-order valence-electron chi connectivity index (χ2n) is 10.8. The highest BCUT2D eigenvalue weighted by molar-refractivity contribution is 7.80. The molecule has 4 aromatic carbocycles. The number of aromatic nitrogens is 3. The highest BCUT2D eigenvalue weighted by Gasteiger charge is 2.43. The summed E-state index contributed by atoms with van der Waals surface area (Å²) >= 11 is 0. The largest absolute Gasteiger partial charge is 0.473 e. The molecule has 0 spiro atoms. The molecule has 226 valence electrons. The number of hydrogen-bond acceptors (Lipinski definition) is 6. The third-order valence-corrected chi connectivity index (χ3v) is 8.20. The summed E-state index contributed by atoms with van der Waals surface area (Å²) in [7, 11) is -4.63. The smallest absolute Gasteiger partial charge is 0.397 e. The molecule has 11 heteroatoms. The Morgan fingerprint density at radius 1 is 0.867 bits per heavy atom. The van der Waals surface area contributed by atoms with Crippen LogP contribution in [0.25, 0.3) is 39.0 Å². The van der Waals surface area contributed by atoms with Crippen molar-refractivity contribution in [2.24, 2.45) is 0 Å². The molecule has 0 saturated heterocycles. The minimum absolute atomic E-state index is 0.183. The predicted octanol–water partition coefficient (Wildman–Crippen LogP) is 7.29. The Bertz CT molecular complexity index is 2140. The molecule has 6 aromatic rings. The second kappa shape index (κ2) is 11.5. The van der Waals surface area contributed by atoms with E-state index in [9.17, 15) is 17.2 Å². The zero-order valence-electron chi connectivity index (χ0n) is 23.5. The number of rotatable bonds is 9. The monoisotopic (exact) mass is 625 g/mol. The van der Waals surface area contributed by atoms with Gasteiger partial charge in [-0.05, 0) is 71.1 Å². The van der Waals surface area contributed by atoms with Gasteiger partial charge in [-0.3, -0.25) is 9.12 Å². The van der Waals surface area contributed by atoms with Gasteiger partial charge in [0.1, 0.15) is 24.6 Å². The van der Waals surface area contributed by atoms with Crippen molar-refractivity contribution >= 4 is 21.4 Å². The third kappa shape index (κ3) is 6.32. The first-order valence-electron chi connectivity index (χ1n) is 14.1. The second-order valence-corrected chi connectivity index (χ2v) is 11.9. The molecule has 1 fully saturated rings. The molecule has 1 N–H and O–H groups in total. The van der Waals surface area contributed by atoms with E-state index < -0.39 is 28.1 Å². The van der Waals surface area contributed by atoms with Crippen LogP contribution in [-0.2, 0) is 21.2 Å². The lowest BCUT2D eigenvalue weighted by Gasteiger charge is -2.13. The zero-order valence-corrected chi connectivity index (χ0v) is 24.4. The van der Waals surface area contributed by atoms with Crippen LogP contribution in [0, 0.1) is 11.6 Å². The fraction of sp³-hybridized carbons (Fsp3) is 0.118. The lowest BCUT2D eigenvalue weighted by Crippen LogP contribution is -2.06. The zero-order chi connectivity index (χ0) is 31.1. The van der Waals surface area contributed by atoms with Crippen molar-refractivity contribution in [3.8, 4) is 33.8 Å². The van der Waals surface area contributed by atoms with Crippen LogP contribution >= 0.6 is 0 Å². The highest BCUT2D eigenvalue weighted by atomic mass is 32.3. The number of ether oxygens (including phenoxy) is 1. The molecule has 45 heavy (non-hydrogen) atoms. The van der Waals surface area contributed by atoms with Gasteiger partial charge in [0.25, 0.3) is 0 Å². The summed E-state index contributed by atoms with van der Waals surface area (Å²) in [6, 6.07) is 28.1. The van der Waals surface area contributed by atoms with Crippen LogP contribution in [0.15, 0.2) is 110 Å². The predicted molar refractivity (Wildman–Crippen MR) is 164 cm³/mol. The van der Waals surface area contributed by atoms with Crippen LogP contribution in [0.5, 0.6) is 5.88 Å². The summed E-state index contributed by atoms with van der Waals surface area (Å²) in [5.41, 5.74) is 6.29. The van der Waals surface area contributed by atoms with Crippen molar-refractivity contribution in [2.45, 2.75) is 25.0 Å². The number of pyridine rings is 1. The quantitative estimate of drug-likeness (QED) is 0.168. The van der Waals surface area contributed by atoms with Crippen LogP contribution in [0.4, 0.5) is 8.78 Å². The molecule has 2 atom stereocenters. The van der Waals surface area contributed by atoms with Gasteiger partial charge in [0.05, 0.1) is 17.1 Å². The summed E-state index contributed by atoms with van der Waals surface area (Å²) in [4.78, 5) is 9.05. The van der Waals surface area contributed by atoms with Gasteiger partial charge >= 0.3 is 10.4 Å². The summed E-state index contributed by atoms with van der Waals surface area (Å²) in [6.07, 6.45) is 3.00. The van der Waals surface area contributed by atoms with Crippen molar-refractivity contribution in [2.75, 3.05) is 0 Å². The summed E-state index contributed by atoms with van der Waals surface area (Å²) < 4.78 is 72.6. The maximum Gasteiger partial charge on any atom is 0.397 e. The van der Waals surface area contributed by atoms with Gasteiger partial charge in [0, 0.05) is 41.1 Å². The van der Waals surface area contributed by atoms with Gasteiger partial charge in [0.2, 0.25) is 5.88 Å².